The lowest BCUT2D eigenvalue weighted by Crippen LogP contribution is -1.63. The molecule has 0 nitrogen and oxygen atoms in total. The van der Waals surface area contributed by atoms with Crippen LogP contribution in [0.25, 0.3) is 0 Å². The highest BCUT2D eigenvalue weighted by molar-refractivity contribution is 9.09. The van der Waals surface area contributed by atoms with Crippen LogP contribution in [0, 0.1) is 0 Å². The molecule has 0 heterocycles. The predicted molar refractivity (Wildman–Crippen MR) is 43.9 cm³/mol. The molecular formula is C4H10S3. The normalized spacial score (nSPS) is 9.43. The van der Waals surface area contributed by atoms with Crippen molar-refractivity contribution >= 4 is 31.4 Å². The average Bonchev–Trinajstić information content (AvgIpc) is 1.69. The first kappa shape index (κ1) is 8.05. The van der Waals surface area contributed by atoms with Gasteiger partial charge in [0.2, 0.25) is 0 Å². The van der Waals surface area contributed by atoms with E-state index in [4.69, 9.17) is 0 Å². The van der Waals surface area contributed by atoms with Crippen LogP contribution in [0.15, 0.2) is 0 Å². The van der Waals surface area contributed by atoms with E-state index in [0.29, 0.717) is 0 Å². The van der Waals surface area contributed by atoms with Gasteiger partial charge in [-0.2, -0.15) is 0 Å². The van der Waals surface area contributed by atoms with Gasteiger partial charge in [-0.3, -0.25) is 0 Å². The molecule has 0 amide bonds. The molecular weight excluding hydrogens is 144 g/mol. The third kappa shape index (κ3) is 7.05. The first-order chi connectivity index (χ1) is 3.41. The van der Waals surface area contributed by atoms with E-state index in [9.17, 15) is 0 Å². The topological polar surface area (TPSA) is 0 Å². The lowest BCUT2D eigenvalue weighted by Gasteiger charge is -1.89. The van der Waals surface area contributed by atoms with Crippen molar-refractivity contribution in [3.05, 3.63) is 0 Å². The van der Waals surface area contributed by atoms with Crippen molar-refractivity contribution in [1.29, 1.82) is 0 Å². The summed E-state index contributed by atoms with van der Waals surface area (Å²) in [5, 5.41) is 0. The number of rotatable bonds is 4. The quantitative estimate of drug-likeness (QED) is 0.451. The molecule has 0 radical (unpaired) electrons. The Bertz CT molecular complexity index is 26.1. The Morgan fingerprint density at radius 1 is 1.43 bits per heavy atom. The van der Waals surface area contributed by atoms with Crippen molar-refractivity contribution in [2.24, 2.45) is 0 Å². The molecule has 0 rings (SSSR count). The summed E-state index contributed by atoms with van der Waals surface area (Å²) in [5.74, 6) is 1.28. The smallest absolute Gasteiger partial charge is 0.00425 e. The maximum absolute atomic E-state index is 2.20. The zero-order valence-electron chi connectivity index (χ0n) is 4.64. The van der Waals surface area contributed by atoms with Crippen LogP contribution >= 0.6 is 31.4 Å². The summed E-state index contributed by atoms with van der Waals surface area (Å²) in [6.45, 7) is 2.20. The minimum Gasteiger partial charge on any atom is -0.0860 e. The second-order valence-corrected chi connectivity index (χ2v) is 5.51. The van der Waals surface area contributed by atoms with Crippen LogP contribution < -0.4 is 0 Å². The molecule has 0 aromatic rings. The van der Waals surface area contributed by atoms with E-state index in [0.717, 1.165) is 0 Å². The standard InChI is InChI=1S/C4H10S3/c1-3-4-6-7-5-2/h3-4H2,1-2H3. The largest absolute Gasteiger partial charge is 0.0860 e. The lowest BCUT2D eigenvalue weighted by molar-refractivity contribution is 1.11. The third-order valence-corrected chi connectivity index (χ3v) is 4.50. The van der Waals surface area contributed by atoms with Crippen molar-refractivity contribution in [2.45, 2.75) is 13.3 Å². The minimum absolute atomic E-state index is 1.28. The summed E-state index contributed by atoms with van der Waals surface area (Å²) in [7, 11) is 5.62. The molecule has 0 atom stereocenters. The zero-order valence-corrected chi connectivity index (χ0v) is 7.09. The zero-order chi connectivity index (χ0) is 5.54. The SMILES string of the molecule is CCCSSSC. The Kier molecular flexibility index (Phi) is 8.11. The molecule has 0 saturated carbocycles. The van der Waals surface area contributed by atoms with E-state index >= 15 is 0 Å². The Morgan fingerprint density at radius 2 is 2.14 bits per heavy atom. The van der Waals surface area contributed by atoms with E-state index in [1.54, 1.807) is 0 Å². The molecule has 0 aliphatic rings. The maximum atomic E-state index is 2.20. The minimum atomic E-state index is 1.28. The first-order valence-electron chi connectivity index (χ1n) is 2.24. The van der Waals surface area contributed by atoms with Gasteiger partial charge in [-0.25, -0.2) is 0 Å². The fourth-order valence-electron chi connectivity index (χ4n) is 0.165. The van der Waals surface area contributed by atoms with E-state index in [2.05, 4.69) is 13.2 Å². The van der Waals surface area contributed by atoms with Crippen LogP contribution in [0.3, 0.4) is 0 Å². The predicted octanol–water partition coefficient (Wildman–Crippen LogP) is 3.06. The highest BCUT2D eigenvalue weighted by Crippen LogP contribution is 2.31. The molecule has 0 aliphatic carbocycles. The van der Waals surface area contributed by atoms with E-state index < -0.39 is 0 Å². The van der Waals surface area contributed by atoms with Crippen LogP contribution in [0.5, 0.6) is 0 Å². The molecule has 3 heteroatoms. The van der Waals surface area contributed by atoms with Gasteiger partial charge < -0.3 is 0 Å². The molecule has 0 saturated heterocycles. The van der Waals surface area contributed by atoms with Gasteiger partial charge in [0.25, 0.3) is 0 Å². The third-order valence-electron chi connectivity index (χ3n) is 0.404. The van der Waals surface area contributed by atoms with Gasteiger partial charge in [0, 0.05) is 5.75 Å². The fraction of sp³-hybridized carbons (Fsp3) is 1.00. The molecule has 0 fully saturated rings. The monoisotopic (exact) mass is 154 g/mol. The summed E-state index contributed by atoms with van der Waals surface area (Å²) in [6.07, 6.45) is 3.39. The second kappa shape index (κ2) is 7.05. The lowest BCUT2D eigenvalue weighted by atomic mass is 10.6. The first-order valence-corrected chi connectivity index (χ1v) is 6.30. The Labute approximate surface area is 57.0 Å². The van der Waals surface area contributed by atoms with Crippen LogP contribution in [-0.2, 0) is 0 Å². The van der Waals surface area contributed by atoms with Crippen molar-refractivity contribution < 1.29 is 0 Å². The summed E-state index contributed by atoms with van der Waals surface area (Å²) in [4.78, 5) is 0. The van der Waals surface area contributed by atoms with Gasteiger partial charge in [-0.05, 0) is 22.5 Å². The van der Waals surface area contributed by atoms with E-state index in [-0.39, 0.29) is 0 Å². The van der Waals surface area contributed by atoms with Crippen LogP contribution in [0.4, 0.5) is 0 Å². The van der Waals surface area contributed by atoms with Crippen molar-refractivity contribution in [3.63, 3.8) is 0 Å². The van der Waals surface area contributed by atoms with Crippen LogP contribution in [0.1, 0.15) is 13.3 Å². The van der Waals surface area contributed by atoms with Crippen molar-refractivity contribution in [2.75, 3.05) is 12.0 Å². The number of hydrogen-bond donors (Lipinski definition) is 0. The Morgan fingerprint density at radius 3 is 2.57 bits per heavy atom. The molecule has 0 aromatic carbocycles. The van der Waals surface area contributed by atoms with Crippen molar-refractivity contribution in [3.8, 4) is 0 Å². The average molecular weight is 154 g/mol. The summed E-state index contributed by atoms with van der Waals surface area (Å²) < 4.78 is 0. The van der Waals surface area contributed by atoms with Gasteiger partial charge in [-0.15, -0.1) is 0 Å². The Balaban J connectivity index is 2.45. The maximum Gasteiger partial charge on any atom is 0.00425 e. The highest BCUT2D eigenvalue weighted by Gasteiger charge is 1.81. The van der Waals surface area contributed by atoms with E-state index in [1.807, 2.05) is 31.4 Å². The van der Waals surface area contributed by atoms with Crippen molar-refractivity contribution in [1.82, 2.24) is 0 Å². The van der Waals surface area contributed by atoms with Gasteiger partial charge in [0.1, 0.15) is 0 Å². The molecule has 0 spiro atoms. The molecule has 0 aromatic heterocycles. The molecule has 0 bridgehead atoms. The van der Waals surface area contributed by atoms with Gasteiger partial charge >= 0.3 is 0 Å². The van der Waals surface area contributed by atoms with Crippen LogP contribution in [-0.4, -0.2) is 12.0 Å². The molecule has 0 N–H and O–H groups in total. The Hall–Kier alpha value is 1.05. The molecule has 7 heavy (non-hydrogen) atoms. The van der Waals surface area contributed by atoms with E-state index in [1.165, 1.54) is 12.2 Å². The summed E-state index contributed by atoms with van der Waals surface area (Å²) in [5.41, 5.74) is 0. The second-order valence-electron chi connectivity index (χ2n) is 1.06. The van der Waals surface area contributed by atoms with Gasteiger partial charge in [0.15, 0.2) is 0 Å². The molecule has 0 unspecified atom stereocenters. The highest BCUT2D eigenvalue weighted by atomic mass is 33.5. The summed E-state index contributed by atoms with van der Waals surface area (Å²) in [6, 6.07) is 0. The van der Waals surface area contributed by atoms with Gasteiger partial charge in [-0.1, -0.05) is 28.5 Å². The molecule has 0 aliphatic heterocycles. The summed E-state index contributed by atoms with van der Waals surface area (Å²) >= 11 is 0. The van der Waals surface area contributed by atoms with Gasteiger partial charge in [0.05, 0.1) is 0 Å². The fourth-order valence-corrected chi connectivity index (χ4v) is 2.97. The molecule has 44 valence electrons. The number of hydrogen-bond acceptors (Lipinski definition) is 3. The van der Waals surface area contributed by atoms with Crippen LogP contribution in [0.2, 0.25) is 0 Å².